The molecule has 0 saturated heterocycles. The number of nitrogens with one attached hydrogen (secondary N) is 2. The van der Waals surface area contributed by atoms with Gasteiger partial charge in [0, 0.05) is 35.5 Å². The van der Waals surface area contributed by atoms with Crippen molar-refractivity contribution in [3.8, 4) is 0 Å². The Labute approximate surface area is 240 Å². The highest BCUT2D eigenvalue weighted by Crippen LogP contribution is 2.30. The summed E-state index contributed by atoms with van der Waals surface area (Å²) in [6.45, 7) is 0.103. The molecule has 0 unspecified atom stereocenters. The molecule has 0 fully saturated rings. The number of benzene rings is 2. The summed E-state index contributed by atoms with van der Waals surface area (Å²) in [5.74, 6) is -0.810. The highest BCUT2D eigenvalue weighted by Gasteiger charge is 2.16. The van der Waals surface area contributed by atoms with E-state index in [2.05, 4.69) is 25.7 Å². The van der Waals surface area contributed by atoms with Gasteiger partial charge in [-0.25, -0.2) is 19.0 Å². The summed E-state index contributed by atoms with van der Waals surface area (Å²) >= 11 is 13.8. The Bertz CT molecular complexity index is 1580. The van der Waals surface area contributed by atoms with E-state index in [0.29, 0.717) is 47.7 Å². The van der Waals surface area contributed by atoms with Crippen LogP contribution < -0.4 is 10.6 Å². The van der Waals surface area contributed by atoms with E-state index < -0.39 is 11.8 Å². The number of ketones is 1. The Kier molecular flexibility index (Phi) is 9.80. The van der Waals surface area contributed by atoms with Crippen LogP contribution in [0.1, 0.15) is 12.0 Å². The van der Waals surface area contributed by atoms with Crippen molar-refractivity contribution >= 4 is 86.8 Å². The number of fused-ring (bicyclic) bond motifs is 1. The third-order valence-electron chi connectivity index (χ3n) is 5.31. The normalized spacial score (nSPS) is 11.1. The lowest BCUT2D eigenvalue weighted by Gasteiger charge is -2.15. The molecule has 204 valence electrons. The molecular formula is C24H22ClFN6O4S3. The first kappa shape index (κ1) is 28.8. The van der Waals surface area contributed by atoms with Gasteiger partial charge in [-0.2, -0.15) is 5.10 Å². The number of aliphatic carboxylic acids is 1. The minimum Gasteiger partial charge on any atom is -0.481 e. The number of aliphatic hydroxyl groups is 1. The van der Waals surface area contributed by atoms with Crippen molar-refractivity contribution in [2.75, 3.05) is 29.5 Å². The van der Waals surface area contributed by atoms with Crippen molar-refractivity contribution < 1.29 is 24.2 Å². The maximum absolute atomic E-state index is 13.6. The van der Waals surface area contributed by atoms with Gasteiger partial charge in [0.1, 0.15) is 24.5 Å². The average molecular weight is 609 g/mol. The summed E-state index contributed by atoms with van der Waals surface area (Å²) in [5, 5.41) is 29.3. The zero-order chi connectivity index (χ0) is 27.9. The Hall–Kier alpha value is -3.17. The Morgan fingerprint density at radius 3 is 2.79 bits per heavy atom. The molecule has 0 aliphatic rings. The number of carboxylic acids is 1. The first-order valence-electron chi connectivity index (χ1n) is 11.5. The molecular weight excluding hydrogens is 587 g/mol. The van der Waals surface area contributed by atoms with Crippen molar-refractivity contribution in [1.29, 1.82) is 0 Å². The van der Waals surface area contributed by atoms with Crippen LogP contribution in [0.25, 0.3) is 10.9 Å². The number of carbonyl (C=O) groups is 2. The van der Waals surface area contributed by atoms with Gasteiger partial charge >= 0.3 is 5.97 Å². The molecule has 4 rings (SSSR count). The third-order valence-corrected chi connectivity index (χ3v) is 8.05. The van der Waals surface area contributed by atoms with Crippen LogP contribution >= 0.6 is 46.9 Å². The summed E-state index contributed by atoms with van der Waals surface area (Å²) < 4.78 is 16.0. The minimum absolute atomic E-state index is 0.00369. The van der Waals surface area contributed by atoms with Gasteiger partial charge in [-0.05, 0) is 48.1 Å². The van der Waals surface area contributed by atoms with E-state index in [1.165, 1.54) is 52.3 Å². The zero-order valence-corrected chi connectivity index (χ0v) is 23.4. The summed E-state index contributed by atoms with van der Waals surface area (Å²) in [6, 6.07) is 7.77. The summed E-state index contributed by atoms with van der Waals surface area (Å²) in [5.41, 5.74) is 2.39. The van der Waals surface area contributed by atoms with Gasteiger partial charge in [-0.1, -0.05) is 34.7 Å². The van der Waals surface area contributed by atoms with Gasteiger partial charge in [-0.15, -0.1) is 0 Å². The van der Waals surface area contributed by atoms with Crippen molar-refractivity contribution in [3.63, 3.8) is 0 Å². The second kappa shape index (κ2) is 13.3. The van der Waals surface area contributed by atoms with E-state index in [9.17, 15) is 19.1 Å². The van der Waals surface area contributed by atoms with Crippen LogP contribution in [-0.4, -0.2) is 60.6 Å². The molecule has 0 saturated carbocycles. The zero-order valence-electron chi connectivity index (χ0n) is 20.2. The molecule has 4 N–H and O–H groups in total. The van der Waals surface area contributed by atoms with Crippen LogP contribution in [-0.2, 0) is 22.6 Å². The first-order valence-corrected chi connectivity index (χ1v) is 14.1. The second-order valence-electron chi connectivity index (χ2n) is 8.15. The lowest BCUT2D eigenvalue weighted by molar-refractivity contribution is -0.136. The monoisotopic (exact) mass is 608 g/mol. The summed E-state index contributed by atoms with van der Waals surface area (Å²) in [4.78, 5) is 32.5. The number of anilines is 3. The van der Waals surface area contributed by atoms with E-state index in [1.54, 1.807) is 12.1 Å². The lowest BCUT2D eigenvalue weighted by atomic mass is 10.0. The molecule has 15 heteroatoms. The number of aromatic nitrogens is 4. The fourth-order valence-corrected chi connectivity index (χ4v) is 6.08. The number of hydrogen-bond acceptors (Lipinski definition) is 11. The SMILES string of the molecule is O=C(O)CCSc1nn(CC(=O)Cc2cc3c(Nc4ccc(F)c(Cl)c4)ncnc3cc2NCCO)c(=S)s1. The smallest absolute Gasteiger partial charge is 0.304 e. The van der Waals surface area contributed by atoms with Crippen LogP contribution in [0.15, 0.2) is 41.0 Å². The molecule has 0 atom stereocenters. The molecule has 0 spiro atoms. The molecule has 39 heavy (non-hydrogen) atoms. The van der Waals surface area contributed by atoms with Crippen LogP contribution in [0, 0.1) is 9.77 Å². The molecule has 2 heterocycles. The fraction of sp³-hybridized carbons (Fsp3) is 0.250. The van der Waals surface area contributed by atoms with Crippen LogP contribution in [0.2, 0.25) is 5.02 Å². The van der Waals surface area contributed by atoms with Crippen molar-refractivity contribution in [1.82, 2.24) is 19.7 Å². The highest BCUT2D eigenvalue weighted by atomic mass is 35.5. The topological polar surface area (TPSA) is 142 Å². The van der Waals surface area contributed by atoms with Crippen LogP contribution in [0.4, 0.5) is 21.6 Å². The Morgan fingerprint density at radius 1 is 1.23 bits per heavy atom. The molecule has 0 aliphatic carbocycles. The van der Waals surface area contributed by atoms with Crippen LogP contribution in [0.5, 0.6) is 0 Å². The largest absolute Gasteiger partial charge is 0.481 e. The van der Waals surface area contributed by atoms with E-state index in [0.717, 1.165) is 0 Å². The van der Waals surface area contributed by atoms with Gasteiger partial charge in [0.25, 0.3) is 0 Å². The number of Topliss-reactive ketones (excluding diaryl/α,β-unsaturated/α-hetero) is 1. The quantitative estimate of drug-likeness (QED) is 0.121. The van der Waals surface area contributed by atoms with Crippen LogP contribution in [0.3, 0.4) is 0 Å². The molecule has 0 amide bonds. The average Bonchev–Trinajstić information content (AvgIpc) is 3.23. The van der Waals surface area contributed by atoms with Gasteiger partial charge < -0.3 is 20.8 Å². The predicted octanol–water partition coefficient (Wildman–Crippen LogP) is 4.94. The Balaban J connectivity index is 1.58. The maximum Gasteiger partial charge on any atom is 0.304 e. The molecule has 10 nitrogen and oxygen atoms in total. The lowest BCUT2D eigenvalue weighted by Crippen LogP contribution is -2.16. The number of nitrogens with zero attached hydrogens (tertiary/aromatic N) is 4. The molecule has 2 aromatic carbocycles. The first-order chi connectivity index (χ1) is 18.7. The van der Waals surface area contributed by atoms with E-state index in [-0.39, 0.29) is 43.3 Å². The maximum atomic E-state index is 13.6. The number of hydrogen-bond donors (Lipinski definition) is 4. The fourth-order valence-electron chi connectivity index (χ4n) is 3.57. The number of thioether (sulfide) groups is 1. The van der Waals surface area contributed by atoms with Gasteiger partial charge in [-0.3, -0.25) is 9.59 Å². The molecule has 0 bridgehead atoms. The highest BCUT2D eigenvalue weighted by molar-refractivity contribution is 8.01. The number of halogens is 2. The summed E-state index contributed by atoms with van der Waals surface area (Å²) in [6.07, 6.45) is 1.41. The van der Waals surface area contributed by atoms with E-state index in [4.69, 9.17) is 28.9 Å². The van der Waals surface area contributed by atoms with Crippen molar-refractivity contribution in [2.24, 2.45) is 0 Å². The van der Waals surface area contributed by atoms with Crippen molar-refractivity contribution in [2.45, 2.75) is 23.7 Å². The number of carbonyl (C=O) groups excluding carboxylic acids is 1. The third kappa shape index (κ3) is 7.70. The van der Waals surface area contributed by atoms with Gasteiger partial charge in [0.2, 0.25) is 0 Å². The standard InChI is InChI=1S/C24H22ClFN6O4S3/c25-17-9-14(1-2-18(17)26)30-22-16-8-13(19(27-4-5-33)10-20(16)28-12-29-22)7-15(34)11-32-24(37)39-23(31-32)38-6-3-21(35)36/h1-2,8-10,12,27,33H,3-7,11H2,(H,35,36)(H,28,29,30). The molecule has 0 radical (unpaired) electrons. The number of aliphatic hydroxyl groups excluding tert-OH is 1. The predicted molar refractivity (Wildman–Crippen MR) is 152 cm³/mol. The van der Waals surface area contributed by atoms with Gasteiger partial charge in [0.05, 0.1) is 23.6 Å². The molecule has 0 aliphatic heterocycles. The Morgan fingerprint density at radius 2 is 2.05 bits per heavy atom. The number of carboxylic acid groups (broad SMARTS) is 1. The van der Waals surface area contributed by atoms with E-state index >= 15 is 0 Å². The molecule has 4 aromatic rings. The van der Waals surface area contributed by atoms with Crippen molar-refractivity contribution in [3.05, 3.63) is 57.0 Å². The minimum atomic E-state index is -0.896. The molecule has 2 aromatic heterocycles. The number of rotatable bonds is 13. The van der Waals surface area contributed by atoms with E-state index in [1.807, 2.05) is 0 Å². The second-order valence-corrected chi connectivity index (χ2v) is 11.5. The summed E-state index contributed by atoms with van der Waals surface area (Å²) in [7, 11) is 0. The van der Waals surface area contributed by atoms with Gasteiger partial charge in [0.15, 0.2) is 14.1 Å².